The molecule has 0 spiro atoms. The van der Waals surface area contributed by atoms with Crippen molar-refractivity contribution in [2.24, 2.45) is 0 Å². The number of unbranched alkanes of at least 4 members (excludes halogenated alkanes) is 3. The number of methoxy groups -OCH3 is 2. The summed E-state index contributed by atoms with van der Waals surface area (Å²) in [6.45, 7) is 3.03. The van der Waals surface area contributed by atoms with E-state index >= 15 is 0 Å². The quantitative estimate of drug-likeness (QED) is 0.0315. The number of esters is 2. The fourth-order valence-electron chi connectivity index (χ4n) is 10.6. The predicted octanol–water partition coefficient (Wildman–Crippen LogP) is 6.21. The van der Waals surface area contributed by atoms with Crippen molar-refractivity contribution in [2.75, 3.05) is 40.5 Å². The number of carbonyl (C=O) groups excluding carboxylic acids is 6. The minimum atomic E-state index is -0.780. The van der Waals surface area contributed by atoms with Crippen molar-refractivity contribution in [3.8, 4) is 33.8 Å². The molecular weight excluding hydrogens is 1100 g/mol. The van der Waals surface area contributed by atoms with Crippen LogP contribution in [0.15, 0.2) is 153 Å². The maximum absolute atomic E-state index is 14.3. The molecule has 0 saturated heterocycles. The molecule has 22 heteroatoms. The molecule has 6 aromatic heterocycles. The van der Waals surface area contributed by atoms with Crippen LogP contribution in [-0.4, -0.2) is 104 Å². The Morgan fingerprint density at radius 3 is 1.27 bits per heavy atom. The average molecular weight is 1160 g/mol. The molecule has 6 heterocycles. The third-order valence-electron chi connectivity index (χ3n) is 14.9. The lowest BCUT2D eigenvalue weighted by Crippen LogP contribution is -2.37. The van der Waals surface area contributed by atoms with E-state index in [0.717, 1.165) is 82.3 Å². The lowest BCUT2D eigenvalue weighted by atomic mass is 9.98. The smallest absolute Gasteiger partial charge is 0.329 e. The normalized spacial score (nSPS) is 11.3. The van der Waals surface area contributed by atoms with E-state index in [1.165, 1.54) is 36.4 Å². The highest BCUT2D eigenvalue weighted by Crippen LogP contribution is 2.37. The van der Waals surface area contributed by atoms with Gasteiger partial charge in [-0.25, -0.2) is 18.7 Å². The minimum Gasteiger partial charge on any atom is -0.484 e. The van der Waals surface area contributed by atoms with Crippen molar-refractivity contribution >= 4 is 68.2 Å². The van der Waals surface area contributed by atoms with Crippen LogP contribution in [0.1, 0.15) is 68.9 Å². The summed E-state index contributed by atoms with van der Waals surface area (Å²) in [7, 11) is 2.30. The number of carbonyl (C=O) groups is 6. The predicted molar refractivity (Wildman–Crippen MR) is 319 cm³/mol. The standard InChI is InChI=1S/C64H58N8O14/c1-37-55(49-13-7-11-29-69(49)57(37)59(77)41-19-25-47-45(31-41)61(79)71(63(81)67-47)33-53(75)83-3)39-15-21-43(22-16-39)85-35-51(73)65-27-9-5-6-10-28-66-52(74)36-86-44-23-17-40(18-24-44)56-38(2)58(70-30-12-8-14-50(56)70)60(78)42-20-26-48-46(32-42)62(80)72(64(82)68-48)34-54(76)84-4/h7-8,11-26,29-32H,5-6,9-10,27-28,33-36H2,1-4H3,(H,65,73)(H,66,74)(H,67,81)(H,68,82). The van der Waals surface area contributed by atoms with Gasteiger partial charge < -0.3 is 48.4 Å². The van der Waals surface area contributed by atoms with E-state index in [2.05, 4.69) is 30.1 Å². The molecule has 438 valence electrons. The van der Waals surface area contributed by atoms with Gasteiger partial charge in [-0.05, 0) is 134 Å². The van der Waals surface area contributed by atoms with E-state index < -0.39 is 47.5 Å². The van der Waals surface area contributed by atoms with Crippen molar-refractivity contribution < 1.29 is 47.7 Å². The third kappa shape index (κ3) is 12.0. The fraction of sp³-hybridized carbons (Fsp3) is 0.219. The number of aromatic amines is 2. The van der Waals surface area contributed by atoms with Gasteiger partial charge in [0.2, 0.25) is 11.6 Å². The molecule has 0 fully saturated rings. The second-order valence-electron chi connectivity index (χ2n) is 20.3. The number of pyridine rings is 2. The Hall–Kier alpha value is -10.9. The van der Waals surface area contributed by atoms with E-state index in [0.29, 0.717) is 47.1 Å². The second-order valence-corrected chi connectivity index (χ2v) is 20.3. The molecule has 0 aliphatic heterocycles. The number of hydrogen-bond acceptors (Lipinski definition) is 14. The highest BCUT2D eigenvalue weighted by molar-refractivity contribution is 6.14. The number of fused-ring (bicyclic) bond motifs is 4. The number of nitrogens with one attached hydrogen (secondary N) is 4. The van der Waals surface area contributed by atoms with E-state index in [1.54, 1.807) is 57.6 Å². The molecule has 0 aliphatic carbocycles. The van der Waals surface area contributed by atoms with Crippen LogP contribution in [0, 0.1) is 13.8 Å². The molecule has 10 aromatic rings. The Bertz CT molecular complexity index is 4290. The van der Waals surface area contributed by atoms with Crippen LogP contribution in [0.3, 0.4) is 0 Å². The topological polar surface area (TPSA) is 282 Å². The summed E-state index contributed by atoms with van der Waals surface area (Å²) in [5.74, 6) is -1.89. The summed E-state index contributed by atoms with van der Waals surface area (Å²) < 4.78 is 25.9. The van der Waals surface area contributed by atoms with Crippen LogP contribution in [-0.2, 0) is 41.7 Å². The van der Waals surface area contributed by atoms with Crippen LogP contribution >= 0.6 is 0 Å². The molecule has 10 rings (SSSR count). The van der Waals surface area contributed by atoms with Gasteiger partial charge in [0.25, 0.3) is 22.9 Å². The van der Waals surface area contributed by atoms with Gasteiger partial charge in [-0.1, -0.05) is 49.2 Å². The highest BCUT2D eigenvalue weighted by atomic mass is 16.5. The zero-order chi connectivity index (χ0) is 60.8. The van der Waals surface area contributed by atoms with Crippen molar-refractivity contribution in [3.63, 3.8) is 0 Å². The number of aromatic nitrogens is 6. The molecule has 86 heavy (non-hydrogen) atoms. The minimum absolute atomic E-state index is 0.0578. The van der Waals surface area contributed by atoms with E-state index in [4.69, 9.17) is 9.47 Å². The number of H-pyrrole nitrogens is 2. The lowest BCUT2D eigenvalue weighted by Gasteiger charge is -2.10. The summed E-state index contributed by atoms with van der Waals surface area (Å²) >= 11 is 0. The molecule has 0 radical (unpaired) electrons. The zero-order valence-corrected chi connectivity index (χ0v) is 47.3. The van der Waals surface area contributed by atoms with Crippen molar-refractivity contribution in [1.82, 2.24) is 38.5 Å². The Morgan fingerprint density at radius 1 is 0.488 bits per heavy atom. The van der Waals surface area contributed by atoms with Crippen LogP contribution in [0.5, 0.6) is 11.5 Å². The van der Waals surface area contributed by atoms with Crippen LogP contribution < -0.4 is 42.6 Å². The number of ether oxygens (including phenoxy) is 4. The highest BCUT2D eigenvalue weighted by Gasteiger charge is 2.26. The first-order chi connectivity index (χ1) is 41.5. The molecule has 22 nitrogen and oxygen atoms in total. The first kappa shape index (κ1) is 58.3. The molecule has 0 atom stereocenters. The Balaban J connectivity index is 0.658. The fourth-order valence-corrected chi connectivity index (χ4v) is 10.6. The van der Waals surface area contributed by atoms with Gasteiger partial charge in [0.1, 0.15) is 24.6 Å². The van der Waals surface area contributed by atoms with Crippen LogP contribution in [0.2, 0.25) is 0 Å². The first-order valence-corrected chi connectivity index (χ1v) is 27.5. The van der Waals surface area contributed by atoms with Crippen molar-refractivity contribution in [2.45, 2.75) is 52.6 Å². The molecule has 0 bridgehead atoms. The number of ketones is 2. The van der Waals surface area contributed by atoms with Crippen molar-refractivity contribution in [1.29, 1.82) is 0 Å². The number of rotatable bonds is 23. The van der Waals surface area contributed by atoms with Gasteiger partial charge in [0, 0.05) is 47.7 Å². The maximum Gasteiger partial charge on any atom is 0.329 e. The van der Waals surface area contributed by atoms with Gasteiger partial charge >= 0.3 is 23.3 Å². The van der Waals surface area contributed by atoms with Gasteiger partial charge in [-0.2, -0.15) is 0 Å². The largest absolute Gasteiger partial charge is 0.484 e. The number of hydrogen-bond donors (Lipinski definition) is 4. The average Bonchev–Trinajstić information content (AvgIpc) is 3.43. The number of benzene rings is 4. The summed E-state index contributed by atoms with van der Waals surface area (Å²) in [6, 6.07) is 34.4. The van der Waals surface area contributed by atoms with Crippen LogP contribution in [0.25, 0.3) is 55.1 Å². The lowest BCUT2D eigenvalue weighted by molar-refractivity contribution is -0.142. The molecule has 4 aromatic carbocycles. The molecule has 0 saturated carbocycles. The summed E-state index contributed by atoms with van der Waals surface area (Å²) in [6.07, 6.45) is 6.68. The van der Waals surface area contributed by atoms with Gasteiger partial charge in [-0.3, -0.25) is 38.4 Å². The SMILES string of the molecule is COC(=O)Cn1c(=O)[nH]c2ccc(C(=O)c3c(C)c(-c4ccc(OCC(=O)NCCCCCCNC(=O)COc5ccc(-c6c(C)c(C(=O)c7ccc8[nH]c(=O)n(CC(=O)OC)c(=O)c8c7)n7ccccc67)cc5)cc4)c4ccccn34)cc2c1=O. The molecule has 4 N–H and O–H groups in total. The molecule has 2 amide bonds. The van der Waals surface area contributed by atoms with Gasteiger partial charge in [0.15, 0.2) is 13.2 Å². The monoisotopic (exact) mass is 1160 g/mol. The molecule has 0 unspecified atom stereocenters. The van der Waals surface area contributed by atoms with Gasteiger partial charge in [0.05, 0.1) is 58.4 Å². The summed E-state index contributed by atoms with van der Waals surface area (Å²) in [5.41, 5.74) is 4.64. The summed E-state index contributed by atoms with van der Waals surface area (Å²) in [5, 5.41) is 5.88. The first-order valence-electron chi connectivity index (χ1n) is 27.5. The number of amides is 2. The molecule has 0 aliphatic rings. The zero-order valence-electron chi connectivity index (χ0n) is 47.3. The Morgan fingerprint density at radius 2 is 0.884 bits per heavy atom. The maximum atomic E-state index is 14.3. The third-order valence-corrected chi connectivity index (χ3v) is 14.9. The second kappa shape index (κ2) is 25.3. The Labute approximate surface area is 488 Å². The summed E-state index contributed by atoms with van der Waals surface area (Å²) in [4.78, 5) is 135. The molecular formula is C64H58N8O14. The number of nitrogens with zero attached hydrogens (tertiary/aromatic N) is 4. The Kier molecular flexibility index (Phi) is 17.2. The van der Waals surface area contributed by atoms with Gasteiger partial charge in [-0.15, -0.1) is 0 Å². The van der Waals surface area contributed by atoms with E-state index in [1.807, 2.05) is 62.4 Å². The van der Waals surface area contributed by atoms with Crippen molar-refractivity contribution in [3.05, 3.63) is 209 Å². The van der Waals surface area contributed by atoms with E-state index in [9.17, 15) is 47.9 Å². The van der Waals surface area contributed by atoms with Crippen LogP contribution in [0.4, 0.5) is 0 Å². The van der Waals surface area contributed by atoms with E-state index in [-0.39, 0.29) is 69.5 Å².